The molecule has 0 fully saturated rings. The fourth-order valence-electron chi connectivity index (χ4n) is 1.94. The highest BCUT2D eigenvalue weighted by Crippen LogP contribution is 2.10. The van der Waals surface area contributed by atoms with E-state index in [9.17, 15) is 0 Å². The van der Waals surface area contributed by atoms with Gasteiger partial charge in [0, 0.05) is 18.0 Å². The summed E-state index contributed by atoms with van der Waals surface area (Å²) >= 11 is 1.79. The summed E-state index contributed by atoms with van der Waals surface area (Å²) < 4.78 is 0. The van der Waals surface area contributed by atoms with E-state index < -0.39 is 7.12 Å². The molecule has 0 aliphatic rings. The zero-order valence-corrected chi connectivity index (χ0v) is 11.8. The third-order valence-electron chi connectivity index (χ3n) is 3.05. The normalized spacial score (nSPS) is 10.9. The van der Waals surface area contributed by atoms with Crippen LogP contribution < -0.4 is 5.46 Å². The van der Waals surface area contributed by atoms with E-state index in [1.165, 1.54) is 10.4 Å². The van der Waals surface area contributed by atoms with Gasteiger partial charge in [0.1, 0.15) is 0 Å². The largest absolute Gasteiger partial charge is 0.488 e. The minimum atomic E-state index is -1.38. The molecule has 0 aliphatic carbocycles. The van der Waals surface area contributed by atoms with Crippen LogP contribution >= 0.6 is 11.3 Å². The third kappa shape index (κ3) is 4.47. The van der Waals surface area contributed by atoms with Gasteiger partial charge in [-0.1, -0.05) is 30.3 Å². The Morgan fingerprint density at radius 1 is 1.16 bits per heavy atom. The summed E-state index contributed by atoms with van der Waals surface area (Å²) in [6.45, 7) is 1.89. The van der Waals surface area contributed by atoms with E-state index in [1.807, 2.05) is 12.1 Å². The van der Waals surface area contributed by atoms with E-state index >= 15 is 0 Å². The van der Waals surface area contributed by atoms with Crippen LogP contribution in [0.4, 0.5) is 0 Å². The Morgan fingerprint density at radius 3 is 2.47 bits per heavy atom. The van der Waals surface area contributed by atoms with Crippen LogP contribution in [0.1, 0.15) is 10.4 Å². The molecule has 0 radical (unpaired) electrons. The fourth-order valence-corrected chi connectivity index (χ4v) is 2.64. The molecule has 5 heteroatoms. The highest BCUT2D eigenvalue weighted by molar-refractivity contribution is 7.09. The molecule has 2 aromatic rings. The van der Waals surface area contributed by atoms with Crippen LogP contribution in [0.5, 0.6) is 0 Å². The average Bonchev–Trinajstić information content (AvgIpc) is 2.90. The highest BCUT2D eigenvalue weighted by atomic mass is 32.1. The van der Waals surface area contributed by atoms with E-state index in [0.717, 1.165) is 19.5 Å². The molecule has 0 aliphatic heterocycles. The maximum Gasteiger partial charge on any atom is 0.488 e. The molecule has 2 rings (SSSR count). The lowest BCUT2D eigenvalue weighted by molar-refractivity contribution is 0.332. The van der Waals surface area contributed by atoms with Gasteiger partial charge in [-0.3, -0.25) is 0 Å². The lowest BCUT2D eigenvalue weighted by Crippen LogP contribution is -2.29. The van der Waals surface area contributed by atoms with Crippen LogP contribution in [-0.4, -0.2) is 35.7 Å². The van der Waals surface area contributed by atoms with Gasteiger partial charge in [-0.15, -0.1) is 11.3 Å². The zero-order chi connectivity index (χ0) is 13.7. The van der Waals surface area contributed by atoms with Crippen molar-refractivity contribution in [2.45, 2.75) is 13.0 Å². The van der Waals surface area contributed by atoms with Crippen LogP contribution in [0.15, 0.2) is 41.8 Å². The lowest BCUT2D eigenvalue weighted by atomic mass is 9.80. The molecule has 1 aromatic carbocycles. The first-order valence-electron chi connectivity index (χ1n) is 6.31. The molecule has 1 aromatic heterocycles. The Labute approximate surface area is 118 Å². The van der Waals surface area contributed by atoms with Crippen molar-refractivity contribution in [3.8, 4) is 0 Å². The second kappa shape index (κ2) is 6.87. The molecule has 1 heterocycles. The van der Waals surface area contributed by atoms with Crippen molar-refractivity contribution in [3.63, 3.8) is 0 Å². The van der Waals surface area contributed by atoms with E-state index in [-0.39, 0.29) is 0 Å². The summed E-state index contributed by atoms with van der Waals surface area (Å²) in [6.07, 6.45) is 1.07. The Kier molecular flexibility index (Phi) is 5.16. The van der Waals surface area contributed by atoms with Crippen LogP contribution in [0.25, 0.3) is 0 Å². The quantitative estimate of drug-likeness (QED) is 0.776. The molecule has 0 amide bonds. The molecule has 0 saturated carbocycles. The van der Waals surface area contributed by atoms with Gasteiger partial charge in [0.15, 0.2) is 0 Å². The number of benzene rings is 1. The minimum absolute atomic E-state index is 0.532. The van der Waals surface area contributed by atoms with Crippen molar-refractivity contribution >= 4 is 23.9 Å². The molecular formula is C14H18BNO2S. The van der Waals surface area contributed by atoms with Gasteiger partial charge in [0.05, 0.1) is 0 Å². The van der Waals surface area contributed by atoms with Crippen molar-refractivity contribution in [1.82, 2.24) is 4.90 Å². The van der Waals surface area contributed by atoms with Gasteiger partial charge in [-0.25, -0.2) is 0 Å². The standard InChI is InChI=1S/C14H18BNO2S/c1-16(9-8-14-3-2-10-19-14)11-12-4-6-13(7-5-12)15(17)18/h2-7,10,17-18H,8-9,11H2,1H3. The van der Waals surface area contributed by atoms with Gasteiger partial charge >= 0.3 is 7.12 Å². The van der Waals surface area contributed by atoms with Crippen LogP contribution in [-0.2, 0) is 13.0 Å². The van der Waals surface area contributed by atoms with Gasteiger partial charge in [-0.05, 0) is 35.9 Å². The smallest absolute Gasteiger partial charge is 0.423 e. The lowest BCUT2D eigenvalue weighted by Gasteiger charge is -2.16. The Morgan fingerprint density at radius 2 is 1.89 bits per heavy atom. The van der Waals surface area contributed by atoms with Gasteiger partial charge in [0.2, 0.25) is 0 Å². The van der Waals surface area contributed by atoms with Crippen molar-refractivity contribution in [2.24, 2.45) is 0 Å². The highest BCUT2D eigenvalue weighted by Gasteiger charge is 2.10. The Hall–Kier alpha value is -1.14. The summed E-state index contributed by atoms with van der Waals surface area (Å²) in [6, 6.07) is 11.6. The second-order valence-electron chi connectivity index (χ2n) is 4.68. The first kappa shape index (κ1) is 14.3. The SMILES string of the molecule is CN(CCc1cccs1)Cc1ccc(B(O)O)cc1. The predicted octanol–water partition coefficient (Wildman–Crippen LogP) is 1.10. The monoisotopic (exact) mass is 275 g/mol. The van der Waals surface area contributed by atoms with Gasteiger partial charge in [-0.2, -0.15) is 0 Å². The van der Waals surface area contributed by atoms with Gasteiger partial charge < -0.3 is 14.9 Å². The molecule has 0 unspecified atom stereocenters. The third-order valence-corrected chi connectivity index (χ3v) is 3.99. The number of nitrogens with zero attached hydrogens (tertiary/aromatic N) is 1. The molecular weight excluding hydrogens is 257 g/mol. The van der Waals surface area contributed by atoms with Crippen LogP contribution in [0.3, 0.4) is 0 Å². The van der Waals surface area contributed by atoms with E-state index in [0.29, 0.717) is 5.46 Å². The molecule has 19 heavy (non-hydrogen) atoms. The first-order chi connectivity index (χ1) is 9.15. The van der Waals surface area contributed by atoms with Crippen molar-refractivity contribution < 1.29 is 10.0 Å². The first-order valence-corrected chi connectivity index (χ1v) is 7.19. The number of thiophene rings is 1. The average molecular weight is 275 g/mol. The summed E-state index contributed by atoms with van der Waals surface area (Å²) in [5, 5.41) is 20.2. The topological polar surface area (TPSA) is 43.7 Å². The number of hydrogen-bond donors (Lipinski definition) is 2. The minimum Gasteiger partial charge on any atom is -0.423 e. The second-order valence-corrected chi connectivity index (χ2v) is 5.71. The van der Waals surface area contributed by atoms with Crippen LogP contribution in [0, 0.1) is 0 Å². The summed E-state index contributed by atoms with van der Waals surface area (Å²) in [5.41, 5.74) is 1.71. The number of rotatable bonds is 6. The molecule has 2 N–H and O–H groups in total. The molecule has 0 atom stereocenters. The molecule has 100 valence electrons. The van der Waals surface area contributed by atoms with E-state index in [2.05, 4.69) is 29.5 Å². The Balaban J connectivity index is 1.82. The molecule has 3 nitrogen and oxygen atoms in total. The summed E-state index contributed by atoms with van der Waals surface area (Å²) in [4.78, 5) is 3.68. The van der Waals surface area contributed by atoms with Crippen LogP contribution in [0.2, 0.25) is 0 Å². The maximum atomic E-state index is 9.03. The van der Waals surface area contributed by atoms with Crippen molar-refractivity contribution in [1.29, 1.82) is 0 Å². The van der Waals surface area contributed by atoms with Crippen molar-refractivity contribution in [3.05, 3.63) is 52.2 Å². The predicted molar refractivity (Wildman–Crippen MR) is 80.6 cm³/mol. The Bertz CT molecular complexity index is 485. The number of hydrogen-bond acceptors (Lipinski definition) is 4. The molecule has 0 bridgehead atoms. The van der Waals surface area contributed by atoms with E-state index in [4.69, 9.17) is 10.0 Å². The maximum absolute atomic E-state index is 9.03. The number of likely N-dealkylation sites (N-methyl/N-ethyl adjacent to an activating group) is 1. The zero-order valence-electron chi connectivity index (χ0n) is 11.0. The molecule has 0 saturated heterocycles. The summed E-state index contributed by atoms with van der Waals surface area (Å²) in [7, 11) is 0.716. The summed E-state index contributed by atoms with van der Waals surface area (Å²) in [5.74, 6) is 0. The van der Waals surface area contributed by atoms with Crippen molar-refractivity contribution in [2.75, 3.05) is 13.6 Å². The van der Waals surface area contributed by atoms with Gasteiger partial charge in [0.25, 0.3) is 0 Å². The molecule has 0 spiro atoms. The van der Waals surface area contributed by atoms with E-state index in [1.54, 1.807) is 23.5 Å². The fraction of sp³-hybridized carbons (Fsp3) is 0.286.